The van der Waals surface area contributed by atoms with Crippen molar-refractivity contribution >= 4 is 19.6 Å². The number of nitrogens with one attached hydrogen (secondary N) is 2. The van der Waals surface area contributed by atoms with Crippen molar-refractivity contribution in [3.05, 3.63) is 0 Å². The maximum Gasteiger partial charge on any atom is 0.469 e. The number of rotatable bonds is 17. The number of phosphoric acid groups is 1. The van der Waals surface area contributed by atoms with Gasteiger partial charge in [-0.05, 0) is 0 Å². The molecule has 5 aliphatic rings. The number of carbonyl (C=O) groups excluding carboxylic acids is 2. The maximum absolute atomic E-state index is 12.7. The highest BCUT2D eigenvalue weighted by molar-refractivity contribution is 7.46. The first-order valence-electron chi connectivity index (χ1n) is 20.3. The summed E-state index contributed by atoms with van der Waals surface area (Å²) >= 11 is 0. The van der Waals surface area contributed by atoms with Crippen molar-refractivity contribution in [2.45, 2.75) is 167 Å². The molecule has 0 aromatic rings. The van der Waals surface area contributed by atoms with Gasteiger partial charge in [-0.1, -0.05) is 0 Å². The molecule has 0 radical (unpaired) electrons. The Bertz CT molecular complexity index is 1620. The molecule has 0 saturated carbocycles. The van der Waals surface area contributed by atoms with Crippen molar-refractivity contribution < 1.29 is 143 Å². The summed E-state index contributed by atoms with van der Waals surface area (Å²) in [6.45, 7) is -2.85. The number of phosphoric ester groups is 1. The first-order chi connectivity index (χ1) is 30.9. The van der Waals surface area contributed by atoms with Gasteiger partial charge in [-0.3, -0.25) is 14.1 Å². The molecule has 5 rings (SSSR count). The average Bonchev–Trinajstić information content (AvgIpc) is 3.25. The standard InChI is InChI=1S/C34H59N2O29P/c1-8(40)35-15-21(46)27(14(6-56-33-24(49)22(47)17(42)10(3-37)60-33)62-31(15)65-29-20(45)11(4-38)58-30(52)26(29)51)63-32-16(36-9(2)41)28(19(44)12(5-39)59-32)64-34-25(50)23(48)18(43)13(61-34)7-57-66(53,54)55/h10-34,37-39,42-52H,3-7H2,1-2H3,(H,35,40)(H,36,41)(H2,53,54,55)/t10-,11-,12-,13-,14-,15-,16-,17-,18+,19+,20+,21-,22+,23+,24-,25-,26-,27-,28-,29+,30-,31+,32+,33-,34+/m1/s1. The van der Waals surface area contributed by atoms with Gasteiger partial charge >= 0.3 is 7.82 Å². The summed E-state index contributed by atoms with van der Waals surface area (Å²) in [5, 5.41) is 153. The Morgan fingerprint density at radius 3 is 1.48 bits per heavy atom. The summed E-state index contributed by atoms with van der Waals surface area (Å²) in [5.74, 6) is -1.75. The van der Waals surface area contributed by atoms with Gasteiger partial charge in [0.2, 0.25) is 11.8 Å². The van der Waals surface area contributed by atoms with Crippen molar-refractivity contribution in [2.24, 2.45) is 0 Å². The second-order valence-corrected chi connectivity index (χ2v) is 17.3. The first-order valence-corrected chi connectivity index (χ1v) is 21.9. The molecule has 5 aliphatic heterocycles. The largest absolute Gasteiger partial charge is 0.469 e. The second-order valence-electron chi connectivity index (χ2n) is 16.1. The van der Waals surface area contributed by atoms with Crippen LogP contribution in [-0.2, 0) is 61.3 Å². The Morgan fingerprint density at radius 2 is 0.909 bits per heavy atom. The molecular formula is C34H59N2O29P. The highest BCUT2D eigenvalue weighted by atomic mass is 31.2. The predicted octanol–water partition coefficient (Wildman–Crippen LogP) is -11.5. The molecule has 32 heteroatoms. The molecule has 0 bridgehead atoms. The quantitative estimate of drug-likeness (QED) is 0.0602. The highest BCUT2D eigenvalue weighted by Gasteiger charge is 2.57. The summed E-state index contributed by atoms with van der Waals surface area (Å²) in [5.41, 5.74) is 0. The molecule has 0 aromatic carbocycles. The topological polar surface area (TPSA) is 491 Å². The fourth-order valence-corrected chi connectivity index (χ4v) is 8.23. The Hall–Kier alpha value is -1.87. The van der Waals surface area contributed by atoms with E-state index in [1.54, 1.807) is 0 Å². The Kier molecular flexibility index (Phi) is 19.5. The molecule has 5 fully saturated rings. The monoisotopic (exact) mass is 990 g/mol. The molecular weight excluding hydrogens is 931 g/mol. The van der Waals surface area contributed by atoms with Crippen molar-refractivity contribution in [3.63, 3.8) is 0 Å². The number of hydrogen-bond acceptors (Lipinski definition) is 27. The molecule has 18 N–H and O–H groups in total. The fourth-order valence-electron chi connectivity index (χ4n) is 7.89. The van der Waals surface area contributed by atoms with Crippen LogP contribution in [0.15, 0.2) is 0 Å². The molecule has 384 valence electrons. The number of ether oxygens (including phenoxy) is 9. The fraction of sp³-hybridized carbons (Fsp3) is 0.941. The van der Waals surface area contributed by atoms with Crippen LogP contribution in [0.4, 0.5) is 0 Å². The van der Waals surface area contributed by atoms with Gasteiger partial charge in [-0.25, -0.2) is 4.57 Å². The number of carbonyl (C=O) groups is 2. The summed E-state index contributed by atoms with van der Waals surface area (Å²) in [6.07, 6.45) is -44.5. The summed E-state index contributed by atoms with van der Waals surface area (Å²) in [4.78, 5) is 43.6. The van der Waals surface area contributed by atoms with Crippen LogP contribution in [-0.4, -0.2) is 280 Å². The minimum Gasteiger partial charge on any atom is -0.394 e. The van der Waals surface area contributed by atoms with Crippen LogP contribution in [0, 0.1) is 0 Å². The molecule has 0 unspecified atom stereocenters. The highest BCUT2D eigenvalue weighted by Crippen LogP contribution is 2.38. The van der Waals surface area contributed by atoms with Crippen LogP contribution in [0.1, 0.15) is 13.8 Å². The van der Waals surface area contributed by atoms with Gasteiger partial charge in [0.05, 0.1) is 33.0 Å². The van der Waals surface area contributed by atoms with Crippen LogP contribution in [0.2, 0.25) is 0 Å². The predicted molar refractivity (Wildman–Crippen MR) is 201 cm³/mol. The van der Waals surface area contributed by atoms with E-state index < -0.39 is 206 Å². The lowest BCUT2D eigenvalue weighted by Gasteiger charge is -2.51. The first kappa shape index (κ1) is 55.1. The average molecular weight is 991 g/mol. The molecule has 0 aromatic heterocycles. The molecule has 0 spiro atoms. The van der Waals surface area contributed by atoms with Crippen LogP contribution >= 0.6 is 7.82 Å². The maximum atomic E-state index is 12.7. The van der Waals surface area contributed by atoms with Gasteiger partial charge < -0.3 is 135 Å². The number of amides is 2. The van der Waals surface area contributed by atoms with Gasteiger partial charge in [0.25, 0.3) is 0 Å². The second kappa shape index (κ2) is 23.4. The number of hydrogen-bond donors (Lipinski definition) is 18. The van der Waals surface area contributed by atoms with Crippen molar-refractivity contribution in [3.8, 4) is 0 Å². The lowest BCUT2D eigenvalue weighted by Crippen LogP contribution is -2.71. The minimum atomic E-state index is -5.19. The van der Waals surface area contributed by atoms with Crippen LogP contribution in [0.3, 0.4) is 0 Å². The van der Waals surface area contributed by atoms with Gasteiger partial charge in [0.15, 0.2) is 31.5 Å². The van der Waals surface area contributed by atoms with E-state index in [1.807, 2.05) is 0 Å². The number of aliphatic hydroxyl groups is 14. The molecule has 2 amide bonds. The zero-order chi connectivity index (χ0) is 49.1. The molecule has 5 saturated heterocycles. The van der Waals surface area contributed by atoms with Crippen LogP contribution in [0.25, 0.3) is 0 Å². The summed E-state index contributed by atoms with van der Waals surface area (Å²) in [7, 11) is -5.19. The van der Waals surface area contributed by atoms with E-state index in [1.165, 1.54) is 0 Å². The lowest BCUT2D eigenvalue weighted by molar-refractivity contribution is -0.373. The van der Waals surface area contributed by atoms with Gasteiger partial charge in [-0.2, -0.15) is 0 Å². The molecule has 0 aliphatic carbocycles. The normalized spacial score (nSPS) is 47.0. The SMILES string of the molecule is CC(=O)N[C@H]1[C@H](O[C@@H]2[C@@H](O)[C@H](O)O[C@H](CO)[C@@H]2O)O[C@H](CO[C@@H]2O[C@H](CO)[C@@H](O)[C@H](O)[C@H]2O)[C@@H](O[C@@H]2O[C@H](CO)[C@H](O)[C@H](O[C@@H]3O[C@H](COP(=O)(O)O)[C@H](O)[C@H](O)[C@H]3O)[C@H]2NC(C)=O)[C@@H]1O. The van der Waals surface area contributed by atoms with E-state index in [2.05, 4.69) is 15.2 Å². The lowest BCUT2D eigenvalue weighted by atomic mass is 9.93. The van der Waals surface area contributed by atoms with Crippen molar-refractivity contribution in [2.75, 3.05) is 33.0 Å². The Balaban J connectivity index is 1.51. The van der Waals surface area contributed by atoms with Gasteiger partial charge in [0, 0.05) is 13.8 Å². The molecule has 66 heavy (non-hydrogen) atoms. The van der Waals surface area contributed by atoms with E-state index in [0.29, 0.717) is 0 Å². The van der Waals surface area contributed by atoms with E-state index in [9.17, 15) is 95.4 Å². The third-order valence-electron chi connectivity index (χ3n) is 11.3. The van der Waals surface area contributed by atoms with E-state index in [0.717, 1.165) is 13.8 Å². The zero-order valence-corrected chi connectivity index (χ0v) is 35.8. The molecule has 31 nitrogen and oxygen atoms in total. The van der Waals surface area contributed by atoms with Gasteiger partial charge in [0.1, 0.15) is 122 Å². The van der Waals surface area contributed by atoms with Gasteiger partial charge in [-0.15, -0.1) is 0 Å². The molecule has 5 heterocycles. The van der Waals surface area contributed by atoms with Crippen molar-refractivity contribution in [1.82, 2.24) is 10.6 Å². The molecule has 25 atom stereocenters. The van der Waals surface area contributed by atoms with Crippen LogP contribution in [0.5, 0.6) is 0 Å². The number of aliphatic hydroxyl groups excluding tert-OH is 14. The van der Waals surface area contributed by atoms with Crippen LogP contribution < -0.4 is 10.6 Å². The summed E-state index contributed by atoms with van der Waals surface area (Å²) in [6, 6.07) is -3.62. The Morgan fingerprint density at radius 1 is 0.470 bits per heavy atom. The third-order valence-corrected chi connectivity index (χ3v) is 11.8. The van der Waals surface area contributed by atoms with E-state index in [4.69, 9.17) is 42.6 Å². The van der Waals surface area contributed by atoms with Crippen molar-refractivity contribution in [1.29, 1.82) is 0 Å². The minimum absolute atomic E-state index is 0.864. The van der Waals surface area contributed by atoms with E-state index >= 15 is 0 Å². The smallest absolute Gasteiger partial charge is 0.394 e. The third kappa shape index (κ3) is 12.7. The Labute approximate surface area is 373 Å². The summed E-state index contributed by atoms with van der Waals surface area (Å²) < 4.78 is 67.0. The van der Waals surface area contributed by atoms with E-state index in [-0.39, 0.29) is 0 Å². The zero-order valence-electron chi connectivity index (χ0n) is 34.9.